The summed E-state index contributed by atoms with van der Waals surface area (Å²) in [5, 5.41) is 3.12. The number of esters is 1. The fraction of sp³-hybridized carbons (Fsp3) is 0.913. The molecule has 0 aromatic rings. The van der Waals surface area contributed by atoms with E-state index >= 15 is 0 Å². The molecule has 0 saturated carbocycles. The van der Waals surface area contributed by atoms with Gasteiger partial charge in [-0.3, -0.25) is 9.59 Å². The second-order valence-corrected chi connectivity index (χ2v) is 7.64. The molecule has 0 rings (SSSR count). The molecule has 0 bridgehead atoms. The normalized spacial score (nSPS) is 11.5. The summed E-state index contributed by atoms with van der Waals surface area (Å²) in [6.07, 6.45) is 9.54. The highest BCUT2D eigenvalue weighted by atomic mass is 16.5. The molecule has 0 saturated heterocycles. The van der Waals surface area contributed by atoms with Gasteiger partial charge in [0.05, 0.1) is 26.9 Å². The van der Waals surface area contributed by atoms with Crippen molar-refractivity contribution in [2.24, 2.45) is 0 Å². The third-order valence-corrected chi connectivity index (χ3v) is 4.91. The molecule has 0 radical (unpaired) electrons. The number of unbranched alkanes of at least 4 members (excludes halogenated alkanes) is 7. The van der Waals surface area contributed by atoms with Crippen molar-refractivity contribution in [3.8, 4) is 0 Å². The molecular weight excluding hydrogens is 386 g/mol. The largest absolute Gasteiger partial charge is 0.469 e. The summed E-state index contributed by atoms with van der Waals surface area (Å²) in [5.41, 5.74) is -0.636. The Kier molecular flexibility index (Phi) is 19.0. The van der Waals surface area contributed by atoms with Gasteiger partial charge in [-0.2, -0.15) is 0 Å². The highest BCUT2D eigenvalue weighted by Crippen LogP contribution is 2.13. The number of amides is 1. The Morgan fingerprint density at radius 1 is 0.667 bits per heavy atom. The fourth-order valence-electron chi connectivity index (χ4n) is 3.20. The summed E-state index contributed by atoms with van der Waals surface area (Å²) >= 11 is 0. The van der Waals surface area contributed by atoms with Crippen LogP contribution in [0.25, 0.3) is 0 Å². The number of rotatable bonds is 21. The van der Waals surface area contributed by atoms with Crippen molar-refractivity contribution in [3.05, 3.63) is 0 Å². The summed E-state index contributed by atoms with van der Waals surface area (Å²) in [5.74, 6) is -0.0991. The molecule has 0 fully saturated rings. The Morgan fingerprint density at radius 2 is 1.07 bits per heavy atom. The van der Waals surface area contributed by atoms with Crippen molar-refractivity contribution >= 4 is 11.9 Å². The van der Waals surface area contributed by atoms with Gasteiger partial charge in [-0.15, -0.1) is 0 Å². The quantitative estimate of drug-likeness (QED) is 0.218. The van der Waals surface area contributed by atoms with E-state index in [1.165, 1.54) is 20.0 Å². The molecule has 0 aromatic heterocycles. The number of nitrogens with one attached hydrogen (secondary N) is 1. The SMILES string of the molecule is CCOCC(COCC)(COCC)NC(=O)CCCCCCCCCCC(=O)OC. The van der Waals surface area contributed by atoms with E-state index in [1.54, 1.807) is 0 Å². The predicted molar refractivity (Wildman–Crippen MR) is 119 cm³/mol. The summed E-state index contributed by atoms with van der Waals surface area (Å²) in [7, 11) is 1.43. The van der Waals surface area contributed by atoms with E-state index in [1.807, 2.05) is 20.8 Å². The van der Waals surface area contributed by atoms with Crippen molar-refractivity contribution in [2.75, 3.05) is 46.8 Å². The van der Waals surface area contributed by atoms with Gasteiger partial charge in [-0.25, -0.2) is 0 Å². The minimum absolute atomic E-state index is 0.0249. The minimum Gasteiger partial charge on any atom is -0.469 e. The van der Waals surface area contributed by atoms with Gasteiger partial charge >= 0.3 is 5.97 Å². The van der Waals surface area contributed by atoms with E-state index < -0.39 is 5.54 Å². The van der Waals surface area contributed by atoms with Gasteiger partial charge < -0.3 is 24.3 Å². The van der Waals surface area contributed by atoms with Crippen molar-refractivity contribution in [3.63, 3.8) is 0 Å². The number of hydrogen-bond acceptors (Lipinski definition) is 6. The molecule has 1 N–H and O–H groups in total. The molecule has 0 spiro atoms. The maximum Gasteiger partial charge on any atom is 0.305 e. The van der Waals surface area contributed by atoms with Crippen molar-refractivity contribution in [1.29, 1.82) is 0 Å². The first-order chi connectivity index (χ1) is 14.5. The van der Waals surface area contributed by atoms with Crippen LogP contribution in [0.15, 0.2) is 0 Å². The van der Waals surface area contributed by atoms with Gasteiger partial charge in [-0.05, 0) is 33.6 Å². The van der Waals surface area contributed by atoms with Crippen LogP contribution >= 0.6 is 0 Å². The Morgan fingerprint density at radius 3 is 1.47 bits per heavy atom. The lowest BCUT2D eigenvalue weighted by Gasteiger charge is -2.34. The smallest absolute Gasteiger partial charge is 0.305 e. The van der Waals surface area contributed by atoms with Crippen LogP contribution in [0.1, 0.15) is 85.0 Å². The Bertz CT molecular complexity index is 408. The van der Waals surface area contributed by atoms with Crippen LogP contribution in [0, 0.1) is 0 Å². The molecule has 0 atom stereocenters. The minimum atomic E-state index is -0.636. The van der Waals surface area contributed by atoms with Gasteiger partial charge in [-0.1, -0.05) is 38.5 Å². The van der Waals surface area contributed by atoms with Crippen LogP contribution in [-0.2, 0) is 28.5 Å². The lowest BCUT2D eigenvalue weighted by atomic mass is 10.0. The number of carbonyl (C=O) groups is 2. The first-order valence-electron chi connectivity index (χ1n) is 11.6. The van der Waals surface area contributed by atoms with Crippen LogP contribution in [-0.4, -0.2) is 64.2 Å². The number of hydrogen-bond donors (Lipinski definition) is 1. The monoisotopic (exact) mass is 431 g/mol. The van der Waals surface area contributed by atoms with Crippen molar-refractivity contribution < 1.29 is 28.5 Å². The van der Waals surface area contributed by atoms with Gasteiger partial charge in [0, 0.05) is 32.7 Å². The summed E-state index contributed by atoms with van der Waals surface area (Å²) in [6.45, 7) is 8.70. The van der Waals surface area contributed by atoms with E-state index in [0.29, 0.717) is 52.5 Å². The topological polar surface area (TPSA) is 83.1 Å². The fourth-order valence-corrected chi connectivity index (χ4v) is 3.20. The van der Waals surface area contributed by atoms with E-state index in [9.17, 15) is 9.59 Å². The van der Waals surface area contributed by atoms with E-state index in [2.05, 4.69) is 10.1 Å². The third-order valence-electron chi connectivity index (χ3n) is 4.91. The zero-order valence-electron chi connectivity index (χ0n) is 19.8. The molecule has 0 unspecified atom stereocenters. The maximum atomic E-state index is 12.5. The summed E-state index contributed by atoms with van der Waals surface area (Å²) in [4.78, 5) is 23.6. The number of ether oxygens (including phenoxy) is 4. The lowest BCUT2D eigenvalue weighted by Crippen LogP contribution is -2.58. The molecule has 0 aliphatic rings. The molecule has 7 nitrogen and oxygen atoms in total. The van der Waals surface area contributed by atoms with E-state index in [-0.39, 0.29) is 11.9 Å². The molecular formula is C23H45NO6. The van der Waals surface area contributed by atoms with Gasteiger partial charge in [0.15, 0.2) is 0 Å². The first kappa shape index (κ1) is 28.8. The Hall–Kier alpha value is -1.18. The Labute approximate surface area is 183 Å². The van der Waals surface area contributed by atoms with Crippen molar-refractivity contribution in [2.45, 2.75) is 90.5 Å². The molecule has 0 aromatic carbocycles. The van der Waals surface area contributed by atoms with E-state index in [0.717, 1.165) is 38.5 Å². The molecule has 7 heteroatoms. The molecule has 30 heavy (non-hydrogen) atoms. The summed E-state index contributed by atoms with van der Waals surface area (Å²) in [6, 6.07) is 0. The average Bonchev–Trinajstić information content (AvgIpc) is 2.75. The highest BCUT2D eigenvalue weighted by molar-refractivity contribution is 5.76. The molecule has 1 amide bonds. The van der Waals surface area contributed by atoms with E-state index in [4.69, 9.17) is 14.2 Å². The second-order valence-electron chi connectivity index (χ2n) is 7.64. The highest BCUT2D eigenvalue weighted by Gasteiger charge is 2.33. The molecule has 0 aliphatic heterocycles. The summed E-state index contributed by atoms with van der Waals surface area (Å²) < 4.78 is 21.5. The van der Waals surface area contributed by atoms with Crippen LogP contribution in [0.3, 0.4) is 0 Å². The molecule has 0 heterocycles. The van der Waals surface area contributed by atoms with Crippen LogP contribution < -0.4 is 5.32 Å². The number of methoxy groups -OCH3 is 1. The van der Waals surface area contributed by atoms with Crippen molar-refractivity contribution in [1.82, 2.24) is 5.32 Å². The zero-order chi connectivity index (χ0) is 22.5. The van der Waals surface area contributed by atoms with Crippen LogP contribution in [0.2, 0.25) is 0 Å². The van der Waals surface area contributed by atoms with Crippen LogP contribution in [0.4, 0.5) is 0 Å². The molecule has 178 valence electrons. The average molecular weight is 432 g/mol. The predicted octanol–water partition coefficient (Wildman–Crippen LogP) is 4.02. The Balaban J connectivity index is 4.07. The maximum absolute atomic E-state index is 12.5. The molecule has 0 aliphatic carbocycles. The zero-order valence-corrected chi connectivity index (χ0v) is 19.8. The van der Waals surface area contributed by atoms with Crippen LogP contribution in [0.5, 0.6) is 0 Å². The van der Waals surface area contributed by atoms with Gasteiger partial charge in [0.2, 0.25) is 5.91 Å². The second kappa shape index (κ2) is 19.8. The first-order valence-corrected chi connectivity index (χ1v) is 11.6. The lowest BCUT2D eigenvalue weighted by molar-refractivity contribution is -0.140. The van der Waals surface area contributed by atoms with Gasteiger partial charge in [0.1, 0.15) is 5.54 Å². The standard InChI is InChI=1S/C23H45NO6/c1-5-28-18-23(19-29-6-2,20-30-7-3)24-21(25)16-14-12-10-8-9-11-13-15-17-22(26)27-4/h5-20H2,1-4H3,(H,24,25). The van der Waals surface area contributed by atoms with Gasteiger partial charge in [0.25, 0.3) is 0 Å². The number of carbonyl (C=O) groups excluding carboxylic acids is 2. The third kappa shape index (κ3) is 15.6.